The highest BCUT2D eigenvalue weighted by Gasteiger charge is 2.70. The van der Waals surface area contributed by atoms with Crippen molar-refractivity contribution in [2.24, 2.45) is 56.0 Å². The zero-order valence-electron chi connectivity index (χ0n) is 22.6. The van der Waals surface area contributed by atoms with Gasteiger partial charge in [-0.15, -0.1) is 0 Å². The SMILES string of the molecule is CC1(C(=O)O)CC[C@]2(C)CC[C@]3(C)C(=CC(=O)[C@@H]4[C@@]5(C)CC[C@@H](N)C(C)(C)[C@@H]5CC[C@]43C)[C@@H]2C1. The van der Waals surface area contributed by atoms with Gasteiger partial charge in [-0.05, 0) is 110 Å². The van der Waals surface area contributed by atoms with Crippen LogP contribution in [-0.2, 0) is 9.59 Å². The van der Waals surface area contributed by atoms with Crippen molar-refractivity contribution in [3.05, 3.63) is 11.6 Å². The van der Waals surface area contributed by atoms with Crippen molar-refractivity contribution in [1.82, 2.24) is 0 Å². The van der Waals surface area contributed by atoms with E-state index in [1.165, 1.54) is 5.57 Å². The predicted octanol–water partition coefficient (Wildman–Crippen LogP) is 6.38. The maximum Gasteiger partial charge on any atom is 0.309 e. The zero-order chi connectivity index (χ0) is 25.1. The van der Waals surface area contributed by atoms with E-state index in [4.69, 9.17) is 5.73 Å². The van der Waals surface area contributed by atoms with Crippen LogP contribution in [0.25, 0.3) is 0 Å². The van der Waals surface area contributed by atoms with Gasteiger partial charge >= 0.3 is 5.97 Å². The number of ketones is 1. The Morgan fingerprint density at radius 3 is 2.24 bits per heavy atom. The Bertz CT molecular complexity index is 968. The molecule has 0 saturated heterocycles. The Kier molecular flexibility index (Phi) is 5.04. The third kappa shape index (κ3) is 2.81. The number of carboxylic acid groups (broad SMARTS) is 1. The van der Waals surface area contributed by atoms with E-state index in [1.807, 2.05) is 6.92 Å². The van der Waals surface area contributed by atoms with Crippen LogP contribution in [0.5, 0.6) is 0 Å². The van der Waals surface area contributed by atoms with Crippen molar-refractivity contribution in [2.75, 3.05) is 0 Å². The largest absolute Gasteiger partial charge is 0.481 e. The summed E-state index contributed by atoms with van der Waals surface area (Å²) in [4.78, 5) is 26.5. The standard InChI is InChI=1S/C30H47NO3/c1-25(2)21-8-11-30(7)23(28(21,5)10-9-22(25)31)20(32)16-18-19-17-27(4,24(33)34)13-12-26(19,3)14-15-29(18,30)6/h16,19,21-23H,8-15,17,31H2,1-7H3,(H,33,34)/t19-,21-,22+,23+,26+,27?,28-,29+,30+/m0/s1. The smallest absolute Gasteiger partial charge is 0.309 e. The average Bonchev–Trinajstić information content (AvgIpc) is 2.73. The Balaban J connectivity index is 1.62. The molecule has 0 heterocycles. The van der Waals surface area contributed by atoms with Crippen LogP contribution >= 0.6 is 0 Å². The van der Waals surface area contributed by atoms with Gasteiger partial charge in [0.05, 0.1) is 5.41 Å². The molecule has 0 spiro atoms. The van der Waals surface area contributed by atoms with Crippen molar-refractivity contribution in [3.63, 3.8) is 0 Å². The minimum absolute atomic E-state index is 0.0260. The van der Waals surface area contributed by atoms with E-state index in [9.17, 15) is 14.7 Å². The summed E-state index contributed by atoms with van der Waals surface area (Å²) in [6.45, 7) is 16.2. The number of hydrogen-bond donors (Lipinski definition) is 2. The summed E-state index contributed by atoms with van der Waals surface area (Å²) < 4.78 is 0. The number of fused-ring (bicyclic) bond motifs is 7. The fourth-order valence-corrected chi connectivity index (χ4v) is 10.4. The lowest BCUT2D eigenvalue weighted by atomic mass is 9.33. The maximum atomic E-state index is 14.2. The molecule has 34 heavy (non-hydrogen) atoms. The minimum Gasteiger partial charge on any atom is -0.481 e. The van der Waals surface area contributed by atoms with Crippen LogP contribution in [0.15, 0.2) is 11.6 Å². The highest BCUT2D eigenvalue weighted by molar-refractivity contribution is 5.95. The summed E-state index contributed by atoms with van der Waals surface area (Å²) in [6.07, 6.45) is 10.9. The van der Waals surface area contributed by atoms with Gasteiger partial charge in [-0.2, -0.15) is 0 Å². The molecule has 0 aromatic rings. The molecule has 5 aliphatic carbocycles. The number of nitrogens with two attached hydrogens (primary N) is 1. The zero-order valence-corrected chi connectivity index (χ0v) is 22.6. The summed E-state index contributed by atoms with van der Waals surface area (Å²) in [5.41, 5.74) is 7.21. The van der Waals surface area contributed by atoms with Crippen LogP contribution in [-0.4, -0.2) is 22.9 Å². The molecule has 0 bridgehead atoms. The Labute approximate surface area is 206 Å². The number of carboxylic acids is 1. The van der Waals surface area contributed by atoms with Gasteiger partial charge in [-0.3, -0.25) is 9.59 Å². The fourth-order valence-electron chi connectivity index (χ4n) is 10.4. The molecule has 5 rings (SSSR count). The summed E-state index contributed by atoms with van der Waals surface area (Å²) in [5.74, 6) is 0.313. The molecule has 3 N–H and O–H groups in total. The van der Waals surface area contributed by atoms with Crippen molar-refractivity contribution >= 4 is 11.8 Å². The molecule has 1 unspecified atom stereocenters. The lowest BCUT2D eigenvalue weighted by Gasteiger charge is -2.70. The normalized spacial score (nSPS) is 54.1. The monoisotopic (exact) mass is 469 g/mol. The summed E-state index contributed by atoms with van der Waals surface area (Å²) in [6, 6.07) is 0.196. The van der Waals surface area contributed by atoms with Crippen molar-refractivity contribution in [1.29, 1.82) is 0 Å². The highest BCUT2D eigenvalue weighted by Crippen LogP contribution is 2.75. The lowest BCUT2D eigenvalue weighted by Crippen LogP contribution is -2.67. The lowest BCUT2D eigenvalue weighted by molar-refractivity contribution is -0.188. The molecule has 0 amide bonds. The number of rotatable bonds is 1. The second-order valence-corrected chi connectivity index (χ2v) is 15.0. The molecule has 0 aromatic heterocycles. The Hall–Kier alpha value is -1.16. The second kappa shape index (κ2) is 6.99. The first kappa shape index (κ1) is 24.5. The maximum absolute atomic E-state index is 14.2. The molecule has 4 saturated carbocycles. The van der Waals surface area contributed by atoms with Gasteiger partial charge in [-0.1, -0.05) is 47.1 Å². The highest BCUT2D eigenvalue weighted by atomic mass is 16.4. The van der Waals surface area contributed by atoms with Crippen LogP contribution in [0.2, 0.25) is 0 Å². The van der Waals surface area contributed by atoms with Crippen LogP contribution in [0.4, 0.5) is 0 Å². The van der Waals surface area contributed by atoms with Gasteiger partial charge in [0.25, 0.3) is 0 Å². The molecular formula is C30H47NO3. The van der Waals surface area contributed by atoms with Gasteiger partial charge in [0, 0.05) is 12.0 Å². The van der Waals surface area contributed by atoms with Crippen LogP contribution in [0.3, 0.4) is 0 Å². The molecule has 0 aliphatic heterocycles. The van der Waals surface area contributed by atoms with Gasteiger partial charge in [0.15, 0.2) is 5.78 Å². The summed E-state index contributed by atoms with van der Waals surface area (Å²) in [5, 5.41) is 10.1. The van der Waals surface area contributed by atoms with E-state index in [0.29, 0.717) is 18.1 Å². The molecule has 5 aliphatic rings. The molecular weight excluding hydrogens is 422 g/mol. The first-order chi connectivity index (χ1) is 15.6. The number of aliphatic carboxylic acids is 1. The van der Waals surface area contributed by atoms with Crippen LogP contribution in [0.1, 0.15) is 106 Å². The Morgan fingerprint density at radius 1 is 0.941 bits per heavy atom. The Morgan fingerprint density at radius 2 is 1.59 bits per heavy atom. The van der Waals surface area contributed by atoms with Gasteiger partial charge in [-0.25, -0.2) is 0 Å². The minimum atomic E-state index is -0.697. The van der Waals surface area contributed by atoms with Crippen molar-refractivity contribution in [3.8, 4) is 0 Å². The first-order valence-corrected chi connectivity index (χ1v) is 13.8. The summed E-state index contributed by atoms with van der Waals surface area (Å²) >= 11 is 0. The van der Waals surface area contributed by atoms with Gasteiger partial charge in [0.2, 0.25) is 0 Å². The predicted molar refractivity (Wildman–Crippen MR) is 135 cm³/mol. The van der Waals surface area contributed by atoms with E-state index < -0.39 is 11.4 Å². The second-order valence-electron chi connectivity index (χ2n) is 15.0. The van der Waals surface area contributed by atoms with E-state index in [-0.39, 0.29) is 45.0 Å². The third-order valence-electron chi connectivity index (χ3n) is 13.2. The number of hydrogen-bond acceptors (Lipinski definition) is 3. The van der Waals surface area contributed by atoms with Crippen molar-refractivity contribution in [2.45, 2.75) is 112 Å². The summed E-state index contributed by atoms with van der Waals surface area (Å²) in [7, 11) is 0. The van der Waals surface area contributed by atoms with E-state index in [2.05, 4.69) is 47.6 Å². The van der Waals surface area contributed by atoms with Crippen LogP contribution < -0.4 is 5.73 Å². The average molecular weight is 470 g/mol. The topological polar surface area (TPSA) is 80.4 Å². The van der Waals surface area contributed by atoms with Crippen LogP contribution in [0, 0.1) is 50.2 Å². The quantitative estimate of drug-likeness (QED) is 0.467. The molecule has 0 radical (unpaired) electrons. The number of carbonyl (C=O) groups excluding carboxylic acids is 1. The van der Waals surface area contributed by atoms with E-state index >= 15 is 0 Å². The third-order valence-corrected chi connectivity index (χ3v) is 13.2. The molecule has 4 nitrogen and oxygen atoms in total. The number of carbonyl (C=O) groups is 2. The first-order valence-electron chi connectivity index (χ1n) is 13.8. The van der Waals surface area contributed by atoms with Gasteiger partial charge in [0.1, 0.15) is 0 Å². The molecule has 9 atom stereocenters. The van der Waals surface area contributed by atoms with E-state index in [0.717, 1.165) is 51.4 Å². The molecule has 4 fully saturated rings. The number of allylic oxidation sites excluding steroid dienone is 2. The fraction of sp³-hybridized carbons (Fsp3) is 0.867. The molecule has 190 valence electrons. The van der Waals surface area contributed by atoms with E-state index in [1.54, 1.807) is 0 Å². The van der Waals surface area contributed by atoms with Gasteiger partial charge < -0.3 is 10.8 Å². The molecule has 0 aromatic carbocycles. The molecule has 4 heteroatoms. The van der Waals surface area contributed by atoms with Crippen molar-refractivity contribution < 1.29 is 14.7 Å².